The molecule has 1 unspecified atom stereocenters. The number of aliphatic imine (C=N–C) groups is 1. The molecule has 152 valence electrons. The van der Waals surface area contributed by atoms with Crippen LogP contribution in [0.4, 0.5) is 4.39 Å². The third kappa shape index (κ3) is 3.70. The molecule has 1 atom stereocenters. The molecule has 0 fully saturated rings. The number of benzene rings is 1. The summed E-state index contributed by atoms with van der Waals surface area (Å²) in [6.07, 6.45) is 0.754. The van der Waals surface area contributed by atoms with E-state index in [1.807, 2.05) is 6.92 Å². The first-order chi connectivity index (χ1) is 13.8. The third-order valence-electron chi connectivity index (χ3n) is 4.81. The van der Waals surface area contributed by atoms with Crippen LogP contribution in [0.5, 0.6) is 0 Å². The Balaban J connectivity index is 0.000000755. The van der Waals surface area contributed by atoms with Gasteiger partial charge in [0.1, 0.15) is 22.7 Å². The topological polar surface area (TPSA) is 80.4 Å². The van der Waals surface area contributed by atoms with E-state index >= 15 is 0 Å². The van der Waals surface area contributed by atoms with Crippen LogP contribution < -0.4 is 0 Å². The van der Waals surface area contributed by atoms with Gasteiger partial charge in [0.15, 0.2) is 5.82 Å². The minimum Gasteiger partial charge on any atom is -0.483 e. The van der Waals surface area contributed by atoms with Gasteiger partial charge in [-0.1, -0.05) is 18.5 Å². The average Bonchev–Trinajstić information content (AvgIpc) is 3.13. The molecule has 4 rings (SSSR count). The number of carbonyl (C=O) groups is 1. The number of rotatable bonds is 2. The van der Waals surface area contributed by atoms with Gasteiger partial charge in [-0.3, -0.25) is 14.4 Å². The van der Waals surface area contributed by atoms with Crippen LogP contribution in [0.2, 0.25) is 5.02 Å². The molecule has 1 N–H and O–H groups in total. The molecular formula is C20H20ClFN4O2S. The summed E-state index contributed by atoms with van der Waals surface area (Å²) in [6.45, 7) is 7.86. The predicted molar refractivity (Wildman–Crippen MR) is 112 cm³/mol. The molecule has 29 heavy (non-hydrogen) atoms. The summed E-state index contributed by atoms with van der Waals surface area (Å²) in [6, 6.07) is 4.57. The van der Waals surface area contributed by atoms with Gasteiger partial charge in [-0.2, -0.15) is 0 Å². The standard InChI is InChI=1S/C19H18ClFN4S.CH2O2/c1-5-15-18-24-23-11(4)25(18)19-16(9(2)10(3)26-19)17(22-15)13-7-6-12(20)8-14(13)21;2-1-3/h6-8,15H,5H2,1-4H3;1H,(H,2,3). The molecule has 0 aliphatic carbocycles. The molecule has 1 aliphatic heterocycles. The van der Waals surface area contributed by atoms with E-state index in [-0.39, 0.29) is 18.3 Å². The van der Waals surface area contributed by atoms with Crippen LogP contribution in [0.3, 0.4) is 0 Å². The smallest absolute Gasteiger partial charge is 0.290 e. The Labute approximate surface area is 176 Å². The highest BCUT2D eigenvalue weighted by molar-refractivity contribution is 7.15. The fourth-order valence-corrected chi connectivity index (χ4v) is 4.70. The largest absolute Gasteiger partial charge is 0.483 e. The fourth-order valence-electron chi connectivity index (χ4n) is 3.33. The number of hydrogen-bond acceptors (Lipinski definition) is 5. The van der Waals surface area contributed by atoms with Crippen molar-refractivity contribution in [3.63, 3.8) is 0 Å². The number of thiophene rings is 1. The highest BCUT2D eigenvalue weighted by Gasteiger charge is 2.31. The van der Waals surface area contributed by atoms with E-state index in [0.29, 0.717) is 16.3 Å². The van der Waals surface area contributed by atoms with Crippen molar-refractivity contribution >= 4 is 35.1 Å². The van der Waals surface area contributed by atoms with Crippen LogP contribution in [-0.2, 0) is 4.79 Å². The third-order valence-corrected chi connectivity index (χ3v) is 6.24. The van der Waals surface area contributed by atoms with E-state index in [1.165, 1.54) is 10.9 Å². The molecular weight excluding hydrogens is 415 g/mol. The van der Waals surface area contributed by atoms with Gasteiger partial charge in [0.25, 0.3) is 6.47 Å². The number of aromatic nitrogens is 3. The lowest BCUT2D eigenvalue weighted by molar-refractivity contribution is -0.122. The first-order valence-electron chi connectivity index (χ1n) is 8.97. The molecule has 0 radical (unpaired) electrons. The number of nitrogens with zero attached hydrogens (tertiary/aromatic N) is 4. The van der Waals surface area contributed by atoms with Crippen molar-refractivity contribution in [2.45, 2.75) is 40.2 Å². The lowest BCUT2D eigenvalue weighted by Gasteiger charge is -2.11. The second kappa shape index (κ2) is 8.42. The average molecular weight is 435 g/mol. The summed E-state index contributed by atoms with van der Waals surface area (Å²) in [4.78, 5) is 14.5. The van der Waals surface area contributed by atoms with Crippen molar-refractivity contribution in [1.82, 2.24) is 14.8 Å². The van der Waals surface area contributed by atoms with Crippen molar-refractivity contribution in [3.8, 4) is 5.00 Å². The highest BCUT2D eigenvalue weighted by Crippen LogP contribution is 2.39. The summed E-state index contributed by atoms with van der Waals surface area (Å²) < 4.78 is 16.8. The van der Waals surface area contributed by atoms with Crippen molar-refractivity contribution in [2.24, 2.45) is 4.99 Å². The Bertz CT molecular complexity index is 1110. The quantitative estimate of drug-likeness (QED) is 0.572. The van der Waals surface area contributed by atoms with Gasteiger partial charge in [0.2, 0.25) is 0 Å². The van der Waals surface area contributed by atoms with Crippen LogP contribution in [0.25, 0.3) is 5.00 Å². The molecule has 0 bridgehead atoms. The Morgan fingerprint density at radius 3 is 2.62 bits per heavy atom. The van der Waals surface area contributed by atoms with Crippen LogP contribution in [0.15, 0.2) is 23.2 Å². The molecule has 1 aliphatic rings. The van der Waals surface area contributed by atoms with Crippen LogP contribution >= 0.6 is 22.9 Å². The maximum absolute atomic E-state index is 14.8. The first-order valence-corrected chi connectivity index (χ1v) is 10.2. The summed E-state index contributed by atoms with van der Waals surface area (Å²) in [7, 11) is 0. The van der Waals surface area contributed by atoms with Crippen LogP contribution in [-0.4, -0.2) is 32.1 Å². The molecule has 9 heteroatoms. The van der Waals surface area contributed by atoms with Crippen molar-refractivity contribution < 1.29 is 14.3 Å². The molecule has 0 spiro atoms. The van der Waals surface area contributed by atoms with Gasteiger partial charge >= 0.3 is 0 Å². The molecule has 2 aromatic heterocycles. The number of aryl methyl sites for hydroxylation is 2. The van der Waals surface area contributed by atoms with E-state index in [2.05, 4.69) is 35.5 Å². The summed E-state index contributed by atoms with van der Waals surface area (Å²) in [5, 5.41) is 16.9. The second-order valence-corrected chi connectivity index (χ2v) is 8.18. The first kappa shape index (κ1) is 21.1. The molecule has 3 heterocycles. The van der Waals surface area contributed by atoms with Crippen molar-refractivity contribution in [1.29, 1.82) is 0 Å². The summed E-state index contributed by atoms with van der Waals surface area (Å²) in [5.74, 6) is 1.25. The normalized spacial score (nSPS) is 14.8. The summed E-state index contributed by atoms with van der Waals surface area (Å²) in [5.41, 5.74) is 3.18. The Hall–Kier alpha value is -2.58. The number of carboxylic acid groups (broad SMARTS) is 1. The maximum atomic E-state index is 14.8. The highest BCUT2D eigenvalue weighted by atomic mass is 35.5. The molecule has 1 aromatic carbocycles. The zero-order chi connectivity index (χ0) is 21.3. The van der Waals surface area contributed by atoms with Gasteiger partial charge < -0.3 is 5.11 Å². The molecule has 0 amide bonds. The van der Waals surface area contributed by atoms with Crippen molar-refractivity contribution in [2.75, 3.05) is 0 Å². The SMILES string of the molecule is CCC1N=C(c2ccc(Cl)cc2F)c2c(sc(C)c2C)-n2c(C)nnc21.O=CO. The Kier molecular flexibility index (Phi) is 6.14. The van der Waals surface area contributed by atoms with E-state index in [0.717, 1.165) is 34.2 Å². The maximum Gasteiger partial charge on any atom is 0.290 e. The molecule has 3 aromatic rings. The molecule has 6 nitrogen and oxygen atoms in total. The predicted octanol–water partition coefficient (Wildman–Crippen LogP) is 5.05. The lowest BCUT2D eigenvalue weighted by Crippen LogP contribution is -2.09. The van der Waals surface area contributed by atoms with E-state index in [9.17, 15) is 4.39 Å². The second-order valence-electron chi connectivity index (χ2n) is 6.54. The number of fused-ring (bicyclic) bond motifs is 3. The fraction of sp³-hybridized carbons (Fsp3) is 0.300. The van der Waals surface area contributed by atoms with E-state index < -0.39 is 0 Å². The zero-order valence-electron chi connectivity index (χ0n) is 16.4. The van der Waals surface area contributed by atoms with Gasteiger partial charge in [0.05, 0.1) is 5.71 Å². The van der Waals surface area contributed by atoms with Gasteiger partial charge in [-0.25, -0.2) is 4.39 Å². The monoisotopic (exact) mass is 434 g/mol. The summed E-state index contributed by atoms with van der Waals surface area (Å²) >= 11 is 7.62. The Morgan fingerprint density at radius 2 is 2.00 bits per heavy atom. The van der Waals surface area contributed by atoms with Gasteiger partial charge in [0, 0.05) is 21.0 Å². The lowest BCUT2D eigenvalue weighted by atomic mass is 9.99. The molecule has 0 saturated carbocycles. The van der Waals surface area contributed by atoms with E-state index in [1.54, 1.807) is 23.5 Å². The van der Waals surface area contributed by atoms with Crippen molar-refractivity contribution in [3.05, 3.63) is 62.3 Å². The number of halogens is 2. The zero-order valence-corrected chi connectivity index (χ0v) is 18.0. The van der Waals surface area contributed by atoms with Crippen LogP contribution in [0.1, 0.15) is 52.6 Å². The minimum atomic E-state index is -0.366. The minimum absolute atomic E-state index is 0.180. The van der Waals surface area contributed by atoms with Gasteiger partial charge in [-0.05, 0) is 51.0 Å². The molecule has 0 saturated heterocycles. The number of hydrogen-bond donors (Lipinski definition) is 1. The van der Waals surface area contributed by atoms with Crippen LogP contribution in [0, 0.1) is 26.6 Å². The van der Waals surface area contributed by atoms with E-state index in [4.69, 9.17) is 26.5 Å². The van der Waals surface area contributed by atoms with Gasteiger partial charge in [-0.15, -0.1) is 21.5 Å². The Morgan fingerprint density at radius 1 is 1.31 bits per heavy atom.